The second-order valence-electron chi connectivity index (χ2n) is 7.92. The van der Waals surface area contributed by atoms with E-state index in [0.717, 1.165) is 5.56 Å². The van der Waals surface area contributed by atoms with Gasteiger partial charge in [0, 0.05) is 5.56 Å². The summed E-state index contributed by atoms with van der Waals surface area (Å²) in [6, 6.07) is 24.5. The highest BCUT2D eigenvalue weighted by Crippen LogP contribution is 2.26. The van der Waals surface area contributed by atoms with E-state index in [4.69, 9.17) is 13.7 Å². The van der Waals surface area contributed by atoms with E-state index in [1.807, 2.05) is 0 Å². The fourth-order valence-corrected chi connectivity index (χ4v) is 4.28. The Hall–Kier alpha value is -4.70. The molecule has 1 amide bonds. The first kappa shape index (κ1) is 26.4. The summed E-state index contributed by atoms with van der Waals surface area (Å²) >= 11 is 0. The quantitative estimate of drug-likeness (QED) is 0.173. The van der Waals surface area contributed by atoms with Crippen LogP contribution in [0, 0.1) is 5.82 Å². The second-order valence-corrected chi connectivity index (χ2v) is 9.47. The first-order valence-electron chi connectivity index (χ1n) is 11.3. The predicted octanol–water partition coefficient (Wildman–Crippen LogP) is 5.09. The minimum Gasteiger partial charge on any atom is -0.497 e. The van der Waals surface area contributed by atoms with Gasteiger partial charge in [0.15, 0.2) is 5.75 Å². The Morgan fingerprint density at radius 2 is 1.58 bits per heavy atom. The van der Waals surface area contributed by atoms with Crippen molar-refractivity contribution in [1.82, 2.24) is 5.43 Å². The Balaban J connectivity index is 1.40. The molecule has 4 aromatic carbocycles. The fourth-order valence-electron chi connectivity index (χ4n) is 3.32. The molecule has 0 aromatic heterocycles. The SMILES string of the molecule is COc1cccc(CC(=O)NN=Cc2ccccc2OS(=O)(=O)c2ccc(Oc3ccc(F)cc3)cc2)c1. The van der Waals surface area contributed by atoms with Crippen LogP contribution < -0.4 is 19.1 Å². The molecule has 0 heterocycles. The summed E-state index contributed by atoms with van der Waals surface area (Å²) in [6.07, 6.45) is 1.38. The van der Waals surface area contributed by atoms with Gasteiger partial charge in [0.1, 0.15) is 28.0 Å². The third-order valence-corrected chi connectivity index (χ3v) is 6.42. The van der Waals surface area contributed by atoms with Crippen LogP contribution in [0.2, 0.25) is 0 Å². The molecule has 0 unspecified atom stereocenters. The number of rotatable bonds is 10. The maximum Gasteiger partial charge on any atom is 0.339 e. The number of nitrogens with zero attached hydrogens (tertiary/aromatic N) is 1. The summed E-state index contributed by atoms with van der Waals surface area (Å²) in [5, 5.41) is 3.93. The van der Waals surface area contributed by atoms with Crippen molar-refractivity contribution in [3.8, 4) is 23.0 Å². The third-order valence-electron chi connectivity index (χ3n) is 5.17. The number of hydrogen-bond donors (Lipinski definition) is 1. The molecule has 8 nitrogen and oxygen atoms in total. The average molecular weight is 535 g/mol. The Bertz CT molecular complexity index is 1540. The number of amides is 1. The second kappa shape index (κ2) is 12.0. The molecule has 0 aliphatic heterocycles. The van der Waals surface area contributed by atoms with Crippen LogP contribution in [0.25, 0.3) is 0 Å². The van der Waals surface area contributed by atoms with Gasteiger partial charge in [-0.1, -0.05) is 24.3 Å². The Morgan fingerprint density at radius 1 is 0.895 bits per heavy atom. The smallest absolute Gasteiger partial charge is 0.339 e. The fraction of sp³-hybridized carbons (Fsp3) is 0.0714. The van der Waals surface area contributed by atoms with Crippen LogP contribution in [0.5, 0.6) is 23.0 Å². The van der Waals surface area contributed by atoms with Crippen molar-refractivity contribution >= 4 is 22.2 Å². The molecule has 0 radical (unpaired) electrons. The van der Waals surface area contributed by atoms with Gasteiger partial charge in [-0.05, 0) is 78.4 Å². The molecule has 0 saturated heterocycles. The molecule has 38 heavy (non-hydrogen) atoms. The monoisotopic (exact) mass is 534 g/mol. The number of halogens is 1. The van der Waals surface area contributed by atoms with Crippen molar-refractivity contribution in [3.63, 3.8) is 0 Å². The van der Waals surface area contributed by atoms with Gasteiger partial charge in [-0.3, -0.25) is 4.79 Å². The van der Waals surface area contributed by atoms with Gasteiger partial charge >= 0.3 is 10.1 Å². The summed E-state index contributed by atoms with van der Waals surface area (Å²) in [7, 11) is -2.64. The molecule has 0 bridgehead atoms. The number of benzene rings is 4. The largest absolute Gasteiger partial charge is 0.497 e. The molecule has 0 aliphatic carbocycles. The predicted molar refractivity (Wildman–Crippen MR) is 140 cm³/mol. The molecule has 4 rings (SSSR count). The highest BCUT2D eigenvalue weighted by atomic mass is 32.2. The zero-order chi connectivity index (χ0) is 27.0. The number of nitrogens with one attached hydrogen (secondary N) is 1. The van der Waals surface area contributed by atoms with Gasteiger partial charge in [-0.2, -0.15) is 13.5 Å². The zero-order valence-electron chi connectivity index (χ0n) is 20.2. The lowest BCUT2D eigenvalue weighted by Gasteiger charge is -2.10. The van der Waals surface area contributed by atoms with Crippen LogP contribution in [-0.4, -0.2) is 27.6 Å². The number of carbonyl (C=O) groups is 1. The summed E-state index contributed by atoms with van der Waals surface area (Å²) in [5.41, 5.74) is 3.51. The Kier molecular flexibility index (Phi) is 8.34. The standard InChI is InChI=1S/C28H23FN2O6S/c1-35-25-7-4-5-20(17-25)18-28(32)31-30-19-21-6-2-3-8-27(21)37-38(33,34)26-15-13-24(14-16-26)36-23-11-9-22(29)10-12-23/h2-17,19H,18H2,1H3,(H,31,32). The highest BCUT2D eigenvalue weighted by Gasteiger charge is 2.18. The van der Waals surface area contributed by atoms with Gasteiger partial charge < -0.3 is 13.7 Å². The molecule has 4 aromatic rings. The van der Waals surface area contributed by atoms with E-state index in [-0.39, 0.29) is 23.0 Å². The van der Waals surface area contributed by atoms with Crippen LogP contribution >= 0.6 is 0 Å². The first-order valence-corrected chi connectivity index (χ1v) is 12.7. The molecule has 194 valence electrons. The Labute approximate surface area is 219 Å². The topological polar surface area (TPSA) is 103 Å². The summed E-state index contributed by atoms with van der Waals surface area (Å²) in [6.45, 7) is 0. The average Bonchev–Trinajstić information content (AvgIpc) is 2.91. The van der Waals surface area contributed by atoms with Gasteiger partial charge in [0.05, 0.1) is 19.7 Å². The van der Waals surface area contributed by atoms with Crippen molar-refractivity contribution in [2.24, 2.45) is 5.10 Å². The molecular formula is C28H23FN2O6S. The minimum absolute atomic E-state index is 0.0323. The zero-order valence-corrected chi connectivity index (χ0v) is 21.0. The van der Waals surface area contributed by atoms with E-state index in [1.165, 1.54) is 60.8 Å². The van der Waals surface area contributed by atoms with Gasteiger partial charge in [0.25, 0.3) is 0 Å². The van der Waals surface area contributed by atoms with E-state index in [2.05, 4.69) is 10.5 Å². The lowest BCUT2D eigenvalue weighted by atomic mass is 10.1. The van der Waals surface area contributed by atoms with E-state index < -0.39 is 15.9 Å². The lowest BCUT2D eigenvalue weighted by molar-refractivity contribution is -0.120. The number of methoxy groups -OCH3 is 1. The normalized spacial score (nSPS) is 11.2. The van der Waals surface area contributed by atoms with Crippen molar-refractivity contribution < 1.29 is 31.3 Å². The van der Waals surface area contributed by atoms with Crippen LogP contribution in [0.4, 0.5) is 4.39 Å². The van der Waals surface area contributed by atoms with Gasteiger partial charge in [-0.15, -0.1) is 0 Å². The maximum absolute atomic E-state index is 13.1. The molecule has 0 spiro atoms. The van der Waals surface area contributed by atoms with Crippen LogP contribution in [0.15, 0.2) is 107 Å². The summed E-state index contributed by atoms with van der Waals surface area (Å²) < 4.78 is 54.9. The first-order chi connectivity index (χ1) is 18.3. The number of para-hydroxylation sites is 1. The minimum atomic E-state index is -4.19. The molecule has 10 heteroatoms. The molecule has 0 fully saturated rings. The lowest BCUT2D eigenvalue weighted by Crippen LogP contribution is -2.19. The summed E-state index contributed by atoms with van der Waals surface area (Å²) in [5.74, 6) is 0.696. The number of carbonyl (C=O) groups excluding carboxylic acids is 1. The highest BCUT2D eigenvalue weighted by molar-refractivity contribution is 7.87. The van der Waals surface area contributed by atoms with E-state index in [9.17, 15) is 17.6 Å². The number of hydrogen-bond acceptors (Lipinski definition) is 7. The van der Waals surface area contributed by atoms with Crippen molar-refractivity contribution in [2.75, 3.05) is 7.11 Å². The molecule has 0 saturated carbocycles. The molecule has 1 N–H and O–H groups in total. The maximum atomic E-state index is 13.1. The van der Waals surface area contributed by atoms with E-state index >= 15 is 0 Å². The Morgan fingerprint density at radius 3 is 2.29 bits per heavy atom. The van der Waals surface area contributed by atoms with Crippen molar-refractivity contribution in [2.45, 2.75) is 11.3 Å². The van der Waals surface area contributed by atoms with Crippen molar-refractivity contribution in [1.29, 1.82) is 0 Å². The van der Waals surface area contributed by atoms with Crippen molar-refractivity contribution in [3.05, 3.63) is 114 Å². The number of ether oxygens (including phenoxy) is 2. The molecule has 0 aliphatic rings. The molecular weight excluding hydrogens is 511 g/mol. The number of hydrazone groups is 1. The molecule has 0 atom stereocenters. The van der Waals surface area contributed by atoms with Crippen LogP contribution in [0.3, 0.4) is 0 Å². The van der Waals surface area contributed by atoms with Crippen LogP contribution in [0.1, 0.15) is 11.1 Å². The van der Waals surface area contributed by atoms with E-state index in [1.54, 1.807) is 49.6 Å². The van der Waals surface area contributed by atoms with E-state index in [0.29, 0.717) is 22.8 Å². The van der Waals surface area contributed by atoms with Gasteiger partial charge in [-0.25, -0.2) is 9.82 Å². The van der Waals surface area contributed by atoms with Gasteiger partial charge in [0.2, 0.25) is 5.91 Å². The summed E-state index contributed by atoms with van der Waals surface area (Å²) in [4.78, 5) is 12.1. The van der Waals surface area contributed by atoms with Crippen LogP contribution in [-0.2, 0) is 21.3 Å². The third kappa shape index (κ3) is 7.17.